The van der Waals surface area contributed by atoms with Gasteiger partial charge in [-0.05, 0) is 11.0 Å². The average Bonchev–Trinajstić information content (AvgIpc) is 2.62. The van der Waals surface area contributed by atoms with Crippen LogP contribution in [0.25, 0.3) is 0 Å². The zero-order chi connectivity index (χ0) is 17.2. The van der Waals surface area contributed by atoms with Crippen LogP contribution in [-0.4, -0.2) is 0 Å². The molecule has 3 aromatic carbocycles. The molecule has 0 radical (unpaired) electrons. The predicted molar refractivity (Wildman–Crippen MR) is 105 cm³/mol. The summed E-state index contributed by atoms with van der Waals surface area (Å²) in [5.41, 5.74) is 1.33. The van der Waals surface area contributed by atoms with Crippen LogP contribution in [0.5, 0.6) is 0 Å². The zero-order valence-corrected chi connectivity index (χ0v) is 15.3. The Kier molecular flexibility index (Phi) is 4.47. The van der Waals surface area contributed by atoms with Crippen molar-refractivity contribution in [2.24, 2.45) is 0 Å². The van der Waals surface area contributed by atoms with Gasteiger partial charge in [0.2, 0.25) is 0 Å². The third-order valence-electron chi connectivity index (χ3n) is 4.34. The second-order valence-electron chi connectivity index (χ2n) is 7.08. The lowest BCUT2D eigenvalue weighted by atomic mass is 9.87. The van der Waals surface area contributed by atoms with Crippen molar-refractivity contribution in [3.8, 4) is 0 Å². The van der Waals surface area contributed by atoms with Gasteiger partial charge in [0.1, 0.15) is 0 Å². The minimum Gasteiger partial charge on any atom is -0.309 e. The normalized spacial score (nSPS) is 12.1. The lowest BCUT2D eigenvalue weighted by Crippen LogP contribution is -2.25. The fourth-order valence-corrected chi connectivity index (χ4v) is 5.54. The molecule has 0 aliphatic rings. The molecule has 0 unspecified atom stereocenters. The van der Waals surface area contributed by atoms with Crippen LogP contribution >= 0.6 is 7.14 Å². The summed E-state index contributed by atoms with van der Waals surface area (Å²) < 4.78 is 14.2. The van der Waals surface area contributed by atoms with Crippen molar-refractivity contribution in [1.29, 1.82) is 0 Å². The van der Waals surface area contributed by atoms with Crippen LogP contribution in [0.1, 0.15) is 26.3 Å². The maximum Gasteiger partial charge on any atom is 0.171 e. The predicted octanol–water partition coefficient (Wildman–Crippen LogP) is 4.62. The van der Waals surface area contributed by atoms with E-state index in [2.05, 4.69) is 32.9 Å². The van der Waals surface area contributed by atoms with Gasteiger partial charge in [-0.15, -0.1) is 0 Å². The first-order valence-corrected chi connectivity index (χ1v) is 9.95. The molecule has 0 N–H and O–H groups in total. The monoisotopic (exact) mass is 334 g/mol. The maximum atomic E-state index is 14.2. The molecule has 0 heterocycles. The van der Waals surface area contributed by atoms with E-state index in [0.717, 1.165) is 15.9 Å². The van der Waals surface area contributed by atoms with Gasteiger partial charge in [0.05, 0.1) is 0 Å². The Hall–Kier alpha value is -2.11. The molecule has 0 bridgehead atoms. The van der Waals surface area contributed by atoms with Gasteiger partial charge < -0.3 is 4.57 Å². The summed E-state index contributed by atoms with van der Waals surface area (Å²) in [6, 6.07) is 27.9. The highest BCUT2D eigenvalue weighted by molar-refractivity contribution is 7.85. The third kappa shape index (κ3) is 3.09. The van der Waals surface area contributed by atoms with Gasteiger partial charge in [-0.25, -0.2) is 0 Å². The molecule has 0 aromatic heterocycles. The summed E-state index contributed by atoms with van der Waals surface area (Å²) in [6.45, 7) is 6.57. The van der Waals surface area contributed by atoms with Crippen molar-refractivity contribution in [2.75, 3.05) is 0 Å². The Bertz CT molecular complexity index is 800. The topological polar surface area (TPSA) is 17.1 Å². The van der Waals surface area contributed by atoms with Crippen molar-refractivity contribution in [3.05, 3.63) is 90.5 Å². The van der Waals surface area contributed by atoms with E-state index in [4.69, 9.17) is 0 Å². The minimum absolute atomic E-state index is 0.0853. The first kappa shape index (κ1) is 16.7. The highest BCUT2D eigenvalue weighted by atomic mass is 31.2. The third-order valence-corrected chi connectivity index (χ3v) is 7.41. The van der Waals surface area contributed by atoms with Crippen LogP contribution in [0.4, 0.5) is 0 Å². The molecular weight excluding hydrogens is 311 g/mol. The molecule has 0 aliphatic heterocycles. The van der Waals surface area contributed by atoms with E-state index >= 15 is 0 Å². The molecule has 0 fully saturated rings. The molecule has 0 spiro atoms. The van der Waals surface area contributed by atoms with Gasteiger partial charge in [0.15, 0.2) is 7.14 Å². The van der Waals surface area contributed by atoms with E-state index in [1.165, 1.54) is 5.56 Å². The fourth-order valence-electron chi connectivity index (χ4n) is 2.89. The number of hydrogen-bond acceptors (Lipinski definition) is 1. The Labute approximate surface area is 144 Å². The lowest BCUT2D eigenvalue weighted by Gasteiger charge is -2.23. The van der Waals surface area contributed by atoms with E-state index in [-0.39, 0.29) is 5.41 Å². The van der Waals surface area contributed by atoms with Crippen molar-refractivity contribution >= 4 is 23.1 Å². The smallest absolute Gasteiger partial charge is 0.171 e. The average molecular weight is 334 g/mol. The Morgan fingerprint density at radius 2 is 0.958 bits per heavy atom. The first-order chi connectivity index (χ1) is 11.4. The van der Waals surface area contributed by atoms with Crippen molar-refractivity contribution < 1.29 is 4.57 Å². The largest absolute Gasteiger partial charge is 0.309 e. The van der Waals surface area contributed by atoms with Gasteiger partial charge in [0.25, 0.3) is 0 Å². The second kappa shape index (κ2) is 6.42. The molecule has 1 nitrogen and oxygen atoms in total. The van der Waals surface area contributed by atoms with Gasteiger partial charge in [0, 0.05) is 15.9 Å². The lowest BCUT2D eigenvalue weighted by molar-refractivity contribution is 0.589. The molecule has 2 heteroatoms. The van der Waals surface area contributed by atoms with Crippen LogP contribution in [0, 0.1) is 0 Å². The molecule has 3 rings (SSSR count). The highest BCUT2D eigenvalue weighted by Gasteiger charge is 2.29. The minimum atomic E-state index is -2.85. The number of benzene rings is 3. The molecule has 24 heavy (non-hydrogen) atoms. The van der Waals surface area contributed by atoms with E-state index in [0.29, 0.717) is 0 Å². The summed E-state index contributed by atoms with van der Waals surface area (Å²) in [7, 11) is -2.85. The Morgan fingerprint density at radius 3 is 1.33 bits per heavy atom. The van der Waals surface area contributed by atoms with Crippen molar-refractivity contribution in [2.45, 2.75) is 26.2 Å². The summed E-state index contributed by atoms with van der Waals surface area (Å²) in [5, 5.41) is 2.63. The summed E-state index contributed by atoms with van der Waals surface area (Å²) in [4.78, 5) is 0. The van der Waals surface area contributed by atoms with E-state index in [1.807, 2.05) is 72.8 Å². The number of hydrogen-bond donors (Lipinski definition) is 0. The Morgan fingerprint density at radius 1 is 0.583 bits per heavy atom. The first-order valence-electron chi connectivity index (χ1n) is 8.25. The summed E-state index contributed by atoms with van der Waals surface area (Å²) in [6.07, 6.45) is 0. The maximum absolute atomic E-state index is 14.2. The molecule has 122 valence electrons. The molecule has 0 atom stereocenters. The van der Waals surface area contributed by atoms with Crippen LogP contribution in [0.3, 0.4) is 0 Å². The van der Waals surface area contributed by atoms with Crippen LogP contribution in [0.15, 0.2) is 84.9 Å². The molecule has 0 saturated heterocycles. The van der Waals surface area contributed by atoms with Gasteiger partial charge >= 0.3 is 0 Å². The van der Waals surface area contributed by atoms with E-state index < -0.39 is 7.14 Å². The zero-order valence-electron chi connectivity index (χ0n) is 14.4. The fraction of sp³-hybridized carbons (Fsp3) is 0.182. The van der Waals surface area contributed by atoms with Crippen LogP contribution < -0.4 is 15.9 Å². The second-order valence-corrected chi connectivity index (χ2v) is 9.84. The van der Waals surface area contributed by atoms with Crippen molar-refractivity contribution in [1.82, 2.24) is 0 Å². The van der Waals surface area contributed by atoms with Gasteiger partial charge in [-0.2, -0.15) is 0 Å². The molecule has 3 aromatic rings. The molecule has 0 saturated carbocycles. The highest BCUT2D eigenvalue weighted by Crippen LogP contribution is 2.42. The van der Waals surface area contributed by atoms with Gasteiger partial charge in [-0.1, -0.05) is 106 Å². The summed E-state index contributed by atoms with van der Waals surface area (Å²) in [5.74, 6) is 0. The van der Waals surface area contributed by atoms with Crippen LogP contribution in [0.2, 0.25) is 0 Å². The molecular formula is C22H23OP. The quantitative estimate of drug-likeness (QED) is 0.639. The van der Waals surface area contributed by atoms with Gasteiger partial charge in [-0.3, -0.25) is 0 Å². The van der Waals surface area contributed by atoms with E-state index in [9.17, 15) is 4.57 Å². The summed E-state index contributed by atoms with van der Waals surface area (Å²) >= 11 is 0. The van der Waals surface area contributed by atoms with Crippen LogP contribution in [-0.2, 0) is 9.98 Å². The number of rotatable bonds is 3. The molecule has 0 aliphatic carbocycles. The van der Waals surface area contributed by atoms with Crippen molar-refractivity contribution in [3.63, 3.8) is 0 Å². The SMILES string of the molecule is CC(C)(C)c1ccc(P(=O)(c2ccccc2)c2ccccc2)cc1. The Balaban J connectivity index is 2.18. The standard InChI is InChI=1S/C22H23OP/c1-22(2,3)18-14-16-21(17-15-18)24(23,19-10-6-4-7-11-19)20-12-8-5-9-13-20/h4-17H,1-3H3. The van der Waals surface area contributed by atoms with E-state index in [1.54, 1.807) is 0 Å². The molecule has 0 amide bonds.